The van der Waals surface area contributed by atoms with E-state index in [-0.39, 0.29) is 0 Å². The zero-order valence-electron chi connectivity index (χ0n) is 10.2. The van der Waals surface area contributed by atoms with E-state index in [1.807, 2.05) is 11.8 Å². The van der Waals surface area contributed by atoms with Crippen molar-refractivity contribution in [2.75, 3.05) is 11.5 Å². The van der Waals surface area contributed by atoms with Gasteiger partial charge in [0.2, 0.25) is 5.28 Å². The number of rotatable bonds is 7. The van der Waals surface area contributed by atoms with Crippen molar-refractivity contribution >= 4 is 23.4 Å². The summed E-state index contributed by atoms with van der Waals surface area (Å²) in [6.45, 7) is 6.51. The smallest absolute Gasteiger partial charge is 0.225 e. The Balaban J connectivity index is 2.65. The number of aromatic nitrogens is 3. The van der Waals surface area contributed by atoms with E-state index >= 15 is 0 Å². The Kier molecular flexibility index (Phi) is 6.21. The number of nitrogens with zero attached hydrogens (tertiary/aromatic N) is 3. The fourth-order valence-corrected chi connectivity index (χ4v) is 2.76. The summed E-state index contributed by atoms with van der Waals surface area (Å²) in [5, 5.41) is 8.61. The van der Waals surface area contributed by atoms with Gasteiger partial charge in [0.1, 0.15) is 5.82 Å². The van der Waals surface area contributed by atoms with E-state index in [1.54, 1.807) is 0 Å². The Morgan fingerprint density at radius 1 is 1.38 bits per heavy atom. The standard InChI is InChI=1S/C11H20ClN3S/c1-4-6-10-13-14-11(12)15(10)9(3)7-8-16-5-2/h9H,4-8H2,1-3H3. The predicted molar refractivity (Wildman–Crippen MR) is 71.4 cm³/mol. The third-order valence-corrected chi connectivity index (χ3v) is 3.71. The Hall–Kier alpha value is -0.220. The summed E-state index contributed by atoms with van der Waals surface area (Å²) in [6, 6.07) is 0.392. The minimum Gasteiger partial charge on any atom is -0.299 e. The molecular weight excluding hydrogens is 242 g/mol. The van der Waals surface area contributed by atoms with E-state index in [0.29, 0.717) is 11.3 Å². The molecular formula is C11H20ClN3S. The van der Waals surface area contributed by atoms with Crippen LogP contribution >= 0.6 is 23.4 Å². The largest absolute Gasteiger partial charge is 0.299 e. The van der Waals surface area contributed by atoms with E-state index in [1.165, 1.54) is 5.75 Å². The molecule has 0 aliphatic rings. The second kappa shape index (κ2) is 7.17. The molecule has 92 valence electrons. The molecule has 5 heteroatoms. The molecule has 3 nitrogen and oxygen atoms in total. The molecule has 0 spiro atoms. The second-order valence-corrected chi connectivity index (χ2v) is 5.57. The van der Waals surface area contributed by atoms with Gasteiger partial charge in [-0.05, 0) is 42.9 Å². The number of hydrogen-bond acceptors (Lipinski definition) is 3. The van der Waals surface area contributed by atoms with Crippen molar-refractivity contribution in [3.63, 3.8) is 0 Å². The van der Waals surface area contributed by atoms with Crippen molar-refractivity contribution in [1.82, 2.24) is 14.8 Å². The van der Waals surface area contributed by atoms with E-state index in [4.69, 9.17) is 11.6 Å². The molecule has 0 bridgehead atoms. The summed E-state index contributed by atoms with van der Waals surface area (Å²) < 4.78 is 2.07. The third kappa shape index (κ3) is 3.67. The van der Waals surface area contributed by atoms with Gasteiger partial charge in [-0.2, -0.15) is 11.8 Å². The van der Waals surface area contributed by atoms with Gasteiger partial charge in [0, 0.05) is 12.5 Å². The van der Waals surface area contributed by atoms with Gasteiger partial charge in [-0.3, -0.25) is 4.57 Å². The highest BCUT2D eigenvalue weighted by Crippen LogP contribution is 2.21. The minimum absolute atomic E-state index is 0.392. The lowest BCUT2D eigenvalue weighted by Gasteiger charge is -2.15. The van der Waals surface area contributed by atoms with E-state index in [0.717, 1.165) is 30.8 Å². The van der Waals surface area contributed by atoms with Crippen molar-refractivity contribution in [1.29, 1.82) is 0 Å². The molecule has 0 fully saturated rings. The Bertz CT molecular complexity index is 314. The second-order valence-electron chi connectivity index (χ2n) is 3.84. The molecule has 1 rings (SSSR count). The van der Waals surface area contributed by atoms with Crippen LogP contribution in [0.2, 0.25) is 5.28 Å². The van der Waals surface area contributed by atoms with Crippen molar-refractivity contribution < 1.29 is 0 Å². The van der Waals surface area contributed by atoms with E-state index < -0.39 is 0 Å². The van der Waals surface area contributed by atoms with Crippen LogP contribution in [0.25, 0.3) is 0 Å². The quantitative estimate of drug-likeness (QED) is 0.703. The number of halogens is 1. The molecule has 1 aromatic heterocycles. The summed E-state index contributed by atoms with van der Waals surface area (Å²) in [5.41, 5.74) is 0. The predicted octanol–water partition coefficient (Wildman–Crippen LogP) is 3.59. The van der Waals surface area contributed by atoms with Crippen LogP contribution in [0.4, 0.5) is 0 Å². The highest BCUT2D eigenvalue weighted by molar-refractivity contribution is 7.99. The first kappa shape index (κ1) is 13.8. The summed E-state index contributed by atoms with van der Waals surface area (Å²) in [5.74, 6) is 3.35. The summed E-state index contributed by atoms with van der Waals surface area (Å²) in [7, 11) is 0. The molecule has 1 unspecified atom stereocenters. The van der Waals surface area contributed by atoms with Crippen LogP contribution in [0, 0.1) is 0 Å². The molecule has 0 aromatic carbocycles. The maximum absolute atomic E-state index is 6.07. The number of aryl methyl sites for hydroxylation is 1. The highest BCUT2D eigenvalue weighted by atomic mass is 35.5. The lowest BCUT2D eigenvalue weighted by atomic mass is 10.2. The molecule has 0 amide bonds. The maximum Gasteiger partial charge on any atom is 0.225 e. The molecule has 0 N–H and O–H groups in total. The van der Waals surface area contributed by atoms with E-state index in [9.17, 15) is 0 Å². The molecule has 1 aromatic rings. The van der Waals surface area contributed by atoms with Gasteiger partial charge < -0.3 is 0 Å². The highest BCUT2D eigenvalue weighted by Gasteiger charge is 2.14. The Labute approximate surface area is 107 Å². The lowest BCUT2D eigenvalue weighted by Crippen LogP contribution is -2.10. The first-order chi connectivity index (χ1) is 7.70. The van der Waals surface area contributed by atoms with Crippen LogP contribution in [0.1, 0.15) is 45.5 Å². The van der Waals surface area contributed by atoms with Crippen LogP contribution in [-0.2, 0) is 6.42 Å². The molecule has 0 radical (unpaired) electrons. The van der Waals surface area contributed by atoms with Crippen LogP contribution in [-0.4, -0.2) is 26.3 Å². The van der Waals surface area contributed by atoms with Crippen molar-refractivity contribution in [3.8, 4) is 0 Å². The van der Waals surface area contributed by atoms with Crippen LogP contribution in [0.15, 0.2) is 0 Å². The van der Waals surface area contributed by atoms with Gasteiger partial charge >= 0.3 is 0 Å². The summed E-state index contributed by atoms with van der Waals surface area (Å²) >= 11 is 8.03. The van der Waals surface area contributed by atoms with E-state index in [2.05, 4.69) is 35.5 Å². The SMILES string of the molecule is CCCc1nnc(Cl)n1C(C)CCSCC. The first-order valence-electron chi connectivity index (χ1n) is 5.87. The molecule has 0 saturated heterocycles. The topological polar surface area (TPSA) is 30.7 Å². The first-order valence-corrected chi connectivity index (χ1v) is 7.40. The lowest BCUT2D eigenvalue weighted by molar-refractivity contribution is 0.510. The van der Waals surface area contributed by atoms with Gasteiger partial charge in [0.05, 0.1) is 0 Å². The number of thioether (sulfide) groups is 1. The van der Waals surface area contributed by atoms with Crippen molar-refractivity contribution in [2.24, 2.45) is 0 Å². The zero-order valence-corrected chi connectivity index (χ0v) is 11.8. The fraction of sp³-hybridized carbons (Fsp3) is 0.818. The van der Waals surface area contributed by atoms with Gasteiger partial charge in [-0.1, -0.05) is 13.8 Å². The average Bonchev–Trinajstić information content (AvgIpc) is 2.61. The average molecular weight is 262 g/mol. The zero-order chi connectivity index (χ0) is 12.0. The van der Waals surface area contributed by atoms with Crippen LogP contribution in [0.5, 0.6) is 0 Å². The van der Waals surface area contributed by atoms with Crippen LogP contribution < -0.4 is 0 Å². The molecule has 16 heavy (non-hydrogen) atoms. The van der Waals surface area contributed by atoms with Gasteiger partial charge in [-0.25, -0.2) is 0 Å². The third-order valence-electron chi connectivity index (χ3n) is 2.52. The number of hydrogen-bond donors (Lipinski definition) is 0. The Morgan fingerprint density at radius 2 is 2.12 bits per heavy atom. The van der Waals surface area contributed by atoms with Gasteiger partial charge in [0.15, 0.2) is 0 Å². The Morgan fingerprint density at radius 3 is 2.75 bits per heavy atom. The molecule has 0 saturated carbocycles. The maximum atomic E-state index is 6.07. The monoisotopic (exact) mass is 261 g/mol. The molecule has 0 aliphatic carbocycles. The normalized spacial score (nSPS) is 13.0. The summed E-state index contributed by atoms with van der Waals surface area (Å²) in [6.07, 6.45) is 3.14. The van der Waals surface area contributed by atoms with Crippen molar-refractivity contribution in [2.45, 2.75) is 46.1 Å². The minimum atomic E-state index is 0.392. The molecule has 0 aliphatic heterocycles. The summed E-state index contributed by atoms with van der Waals surface area (Å²) in [4.78, 5) is 0. The van der Waals surface area contributed by atoms with Crippen molar-refractivity contribution in [3.05, 3.63) is 11.1 Å². The van der Waals surface area contributed by atoms with Gasteiger partial charge in [-0.15, -0.1) is 10.2 Å². The molecule has 1 atom stereocenters. The van der Waals surface area contributed by atoms with Gasteiger partial charge in [0.25, 0.3) is 0 Å². The van der Waals surface area contributed by atoms with Crippen LogP contribution in [0.3, 0.4) is 0 Å². The fourth-order valence-electron chi connectivity index (χ4n) is 1.66. The molecule has 1 heterocycles.